The van der Waals surface area contributed by atoms with Gasteiger partial charge in [0.15, 0.2) is 11.6 Å². The van der Waals surface area contributed by atoms with Crippen LogP contribution in [-0.4, -0.2) is 24.5 Å². The summed E-state index contributed by atoms with van der Waals surface area (Å²) in [4.78, 5) is 2.33. The second kappa shape index (κ2) is 6.41. The Morgan fingerprint density at radius 2 is 1.81 bits per heavy atom. The number of hydrogen-bond acceptors (Lipinski definition) is 2. The Labute approximate surface area is 126 Å². The smallest absolute Gasteiger partial charge is 0.159 e. The van der Waals surface area contributed by atoms with Gasteiger partial charge in [-0.25, -0.2) is 8.78 Å². The summed E-state index contributed by atoms with van der Waals surface area (Å²) in [6.07, 6.45) is 2.35. The number of rotatable bonds is 3. The lowest BCUT2D eigenvalue weighted by Gasteiger charge is -2.39. The van der Waals surface area contributed by atoms with Gasteiger partial charge in [-0.05, 0) is 55.0 Å². The molecule has 1 unspecified atom stereocenters. The lowest BCUT2D eigenvalue weighted by molar-refractivity contribution is 0.108. The molecule has 0 bridgehead atoms. The molecule has 0 saturated carbocycles. The summed E-state index contributed by atoms with van der Waals surface area (Å²) in [6, 6.07) is 3.66. The Hall–Kier alpha value is -1.00. The molecule has 1 aromatic rings. The maximum absolute atomic E-state index is 13.3. The van der Waals surface area contributed by atoms with Crippen molar-refractivity contribution in [1.82, 2.24) is 4.90 Å². The average Bonchev–Trinajstić information content (AvgIpc) is 2.41. The van der Waals surface area contributed by atoms with E-state index in [0.717, 1.165) is 25.1 Å². The highest BCUT2D eigenvalue weighted by atomic mass is 19.2. The number of likely N-dealkylation sites (tertiary alicyclic amines) is 1. The number of hydrogen-bond donors (Lipinski definition) is 1. The summed E-state index contributed by atoms with van der Waals surface area (Å²) in [7, 11) is 0. The highest BCUT2D eigenvalue weighted by molar-refractivity contribution is 5.21. The standard InChI is InChI=1S/C17H26F2N2/c1-17(2,3)13-6-8-21(9-7-13)11-16(20)12-4-5-14(18)15(19)10-12/h4-5,10,13,16H,6-9,11,20H2,1-3H3. The summed E-state index contributed by atoms with van der Waals surface area (Å²) < 4.78 is 26.2. The van der Waals surface area contributed by atoms with Crippen molar-refractivity contribution in [2.75, 3.05) is 19.6 Å². The molecule has 1 heterocycles. The first-order chi connectivity index (χ1) is 9.77. The Kier molecular flexibility index (Phi) is 4.99. The van der Waals surface area contributed by atoms with E-state index < -0.39 is 11.6 Å². The lowest BCUT2D eigenvalue weighted by atomic mass is 9.75. The van der Waals surface area contributed by atoms with Crippen LogP contribution in [-0.2, 0) is 0 Å². The van der Waals surface area contributed by atoms with E-state index in [4.69, 9.17) is 5.73 Å². The maximum Gasteiger partial charge on any atom is 0.159 e. The van der Waals surface area contributed by atoms with Crippen LogP contribution in [0.2, 0.25) is 0 Å². The van der Waals surface area contributed by atoms with Gasteiger partial charge in [-0.15, -0.1) is 0 Å². The van der Waals surface area contributed by atoms with Crippen molar-refractivity contribution in [3.8, 4) is 0 Å². The van der Waals surface area contributed by atoms with Crippen LogP contribution in [0, 0.1) is 23.0 Å². The third-order valence-corrected chi connectivity index (χ3v) is 4.64. The first-order valence-corrected chi connectivity index (χ1v) is 7.70. The van der Waals surface area contributed by atoms with Crippen LogP contribution in [0.15, 0.2) is 18.2 Å². The van der Waals surface area contributed by atoms with Crippen molar-refractivity contribution >= 4 is 0 Å². The zero-order valence-electron chi connectivity index (χ0n) is 13.2. The fourth-order valence-corrected chi connectivity index (χ4v) is 3.11. The van der Waals surface area contributed by atoms with Crippen LogP contribution in [0.3, 0.4) is 0 Å². The minimum Gasteiger partial charge on any atom is -0.323 e. The fraction of sp³-hybridized carbons (Fsp3) is 0.647. The van der Waals surface area contributed by atoms with Crippen LogP contribution < -0.4 is 5.73 Å². The quantitative estimate of drug-likeness (QED) is 0.921. The van der Waals surface area contributed by atoms with Gasteiger partial charge in [0.2, 0.25) is 0 Å². The van der Waals surface area contributed by atoms with Crippen molar-refractivity contribution in [1.29, 1.82) is 0 Å². The summed E-state index contributed by atoms with van der Waals surface area (Å²) in [5, 5.41) is 0. The number of benzene rings is 1. The zero-order chi connectivity index (χ0) is 15.6. The zero-order valence-corrected chi connectivity index (χ0v) is 13.2. The minimum absolute atomic E-state index is 0.272. The Balaban J connectivity index is 1.89. The monoisotopic (exact) mass is 296 g/mol. The molecule has 1 aromatic carbocycles. The molecule has 0 spiro atoms. The van der Waals surface area contributed by atoms with E-state index in [-0.39, 0.29) is 6.04 Å². The molecular formula is C17H26F2N2. The van der Waals surface area contributed by atoms with E-state index in [2.05, 4.69) is 25.7 Å². The van der Waals surface area contributed by atoms with Crippen molar-refractivity contribution in [2.45, 2.75) is 39.7 Å². The van der Waals surface area contributed by atoms with E-state index in [1.807, 2.05) is 0 Å². The molecule has 0 amide bonds. The maximum atomic E-state index is 13.3. The summed E-state index contributed by atoms with van der Waals surface area (Å²) in [5.74, 6) is -0.903. The van der Waals surface area contributed by atoms with Crippen LogP contribution in [0.1, 0.15) is 45.2 Å². The van der Waals surface area contributed by atoms with Crippen molar-refractivity contribution in [3.05, 3.63) is 35.4 Å². The van der Waals surface area contributed by atoms with E-state index in [9.17, 15) is 8.78 Å². The molecule has 118 valence electrons. The third kappa shape index (κ3) is 4.24. The molecule has 0 aliphatic carbocycles. The summed E-state index contributed by atoms with van der Waals surface area (Å²) >= 11 is 0. The molecule has 4 heteroatoms. The van der Waals surface area contributed by atoms with Crippen molar-refractivity contribution in [3.63, 3.8) is 0 Å². The van der Waals surface area contributed by atoms with E-state index >= 15 is 0 Å². The minimum atomic E-state index is -0.825. The topological polar surface area (TPSA) is 29.3 Å². The number of nitrogens with two attached hydrogens (primary N) is 1. The number of halogens is 2. The van der Waals surface area contributed by atoms with Gasteiger partial charge in [0.25, 0.3) is 0 Å². The highest BCUT2D eigenvalue weighted by Gasteiger charge is 2.29. The van der Waals surface area contributed by atoms with Crippen molar-refractivity contribution < 1.29 is 8.78 Å². The Morgan fingerprint density at radius 3 is 2.33 bits per heavy atom. The van der Waals surface area contributed by atoms with Gasteiger partial charge in [0.1, 0.15) is 0 Å². The fourth-order valence-electron chi connectivity index (χ4n) is 3.11. The van der Waals surface area contributed by atoms with Crippen LogP contribution >= 0.6 is 0 Å². The predicted molar refractivity (Wildman–Crippen MR) is 81.9 cm³/mol. The molecule has 1 aliphatic heterocycles. The van der Waals surface area contributed by atoms with E-state index in [0.29, 0.717) is 17.5 Å². The molecule has 0 aromatic heterocycles. The Bertz CT molecular complexity index is 474. The number of piperidine rings is 1. The van der Waals surface area contributed by atoms with Gasteiger partial charge in [0, 0.05) is 12.6 Å². The molecule has 2 N–H and O–H groups in total. The van der Waals surface area contributed by atoms with Crippen molar-refractivity contribution in [2.24, 2.45) is 17.1 Å². The summed E-state index contributed by atoms with van der Waals surface area (Å²) in [6.45, 7) is 9.63. The van der Waals surface area contributed by atoms with Crippen LogP contribution in [0.4, 0.5) is 8.78 Å². The molecular weight excluding hydrogens is 270 g/mol. The van der Waals surface area contributed by atoms with Gasteiger partial charge >= 0.3 is 0 Å². The highest BCUT2D eigenvalue weighted by Crippen LogP contribution is 2.34. The molecule has 1 aliphatic rings. The molecule has 0 radical (unpaired) electrons. The third-order valence-electron chi connectivity index (χ3n) is 4.64. The molecule has 21 heavy (non-hydrogen) atoms. The second-order valence-electron chi connectivity index (χ2n) is 7.22. The van der Waals surface area contributed by atoms with Crippen LogP contribution in [0.25, 0.3) is 0 Å². The molecule has 1 atom stereocenters. The summed E-state index contributed by atoms with van der Waals surface area (Å²) in [5.41, 5.74) is 7.15. The Morgan fingerprint density at radius 1 is 1.19 bits per heavy atom. The van der Waals surface area contributed by atoms with Gasteiger partial charge < -0.3 is 10.6 Å². The molecule has 1 saturated heterocycles. The van der Waals surface area contributed by atoms with E-state index in [1.54, 1.807) is 6.07 Å². The van der Waals surface area contributed by atoms with Gasteiger partial charge in [0.05, 0.1) is 0 Å². The molecule has 2 nitrogen and oxygen atoms in total. The first-order valence-electron chi connectivity index (χ1n) is 7.70. The lowest BCUT2D eigenvalue weighted by Crippen LogP contribution is -2.41. The second-order valence-corrected chi connectivity index (χ2v) is 7.22. The first kappa shape index (κ1) is 16.4. The molecule has 2 rings (SSSR count). The van der Waals surface area contributed by atoms with Gasteiger partial charge in [-0.2, -0.15) is 0 Å². The van der Waals surface area contributed by atoms with Gasteiger partial charge in [-0.1, -0.05) is 26.8 Å². The average molecular weight is 296 g/mol. The molecule has 1 fully saturated rings. The largest absolute Gasteiger partial charge is 0.323 e. The van der Waals surface area contributed by atoms with E-state index in [1.165, 1.54) is 18.9 Å². The predicted octanol–water partition coefficient (Wildman–Crippen LogP) is 3.72. The SMILES string of the molecule is CC(C)(C)C1CCN(CC(N)c2ccc(F)c(F)c2)CC1. The normalized spacial score (nSPS) is 19.7. The van der Waals surface area contributed by atoms with Gasteiger partial charge in [-0.3, -0.25) is 0 Å². The van der Waals surface area contributed by atoms with Crippen LogP contribution in [0.5, 0.6) is 0 Å². The number of nitrogens with zero attached hydrogens (tertiary/aromatic N) is 1.